The Morgan fingerprint density at radius 1 is 0.316 bits per heavy atom. The molecule has 4 aromatic carbocycles. The van der Waals surface area contributed by atoms with Gasteiger partial charge in [0.1, 0.15) is 17.2 Å². The van der Waals surface area contributed by atoms with Crippen LogP contribution in [0.3, 0.4) is 0 Å². The molecule has 8 heteroatoms. The van der Waals surface area contributed by atoms with E-state index in [0.29, 0.717) is 6.61 Å². The Kier molecular flexibility index (Phi) is 20.1. The van der Waals surface area contributed by atoms with E-state index in [0.717, 1.165) is 139 Å². The van der Waals surface area contributed by atoms with Crippen molar-refractivity contribution in [2.45, 2.75) is 136 Å². The molecule has 0 unspecified atom stereocenters. The molecule has 5 heterocycles. The second-order valence-electron chi connectivity index (χ2n) is 20.4. The smallest absolute Gasteiger partial charge is 0.119 e. The predicted molar refractivity (Wildman–Crippen MR) is 330 cm³/mol. The molecule has 76 heavy (non-hydrogen) atoms. The van der Waals surface area contributed by atoms with Crippen molar-refractivity contribution in [1.82, 2.24) is 19.9 Å². The van der Waals surface area contributed by atoms with E-state index in [1.54, 1.807) is 0 Å². The quantitative estimate of drug-likeness (QED) is 0.0377. The van der Waals surface area contributed by atoms with Gasteiger partial charge in [-0.15, -0.1) is 0 Å². The van der Waals surface area contributed by atoms with E-state index < -0.39 is 0 Å². The van der Waals surface area contributed by atoms with Crippen molar-refractivity contribution in [3.05, 3.63) is 148 Å². The lowest BCUT2D eigenvalue weighted by atomic mass is 10.0. The van der Waals surface area contributed by atoms with Gasteiger partial charge in [-0.2, -0.15) is 0 Å². The Labute approximate surface area is 465 Å². The van der Waals surface area contributed by atoms with Gasteiger partial charge in [-0.3, -0.25) is 0 Å². The van der Waals surface area contributed by atoms with Crippen molar-refractivity contribution in [2.75, 3.05) is 19.8 Å². The predicted octanol–water partition coefficient (Wildman–Crippen LogP) is 20.1. The molecule has 0 aliphatic carbocycles. The topological polar surface area (TPSA) is 85.1 Å². The van der Waals surface area contributed by atoms with Crippen LogP contribution in [0.1, 0.15) is 159 Å². The van der Waals surface area contributed by atoms with E-state index in [4.69, 9.17) is 24.2 Å². The number of fused-ring (bicyclic) bond motifs is 8. The van der Waals surface area contributed by atoms with E-state index in [-0.39, 0.29) is 0 Å². The van der Waals surface area contributed by atoms with Crippen LogP contribution < -0.4 is 14.2 Å². The highest BCUT2D eigenvalue weighted by atomic mass is 127. The summed E-state index contributed by atoms with van der Waals surface area (Å²) in [6.07, 6.45) is 30.8. The average molecular weight is 1130 g/mol. The van der Waals surface area contributed by atoms with E-state index in [1.165, 1.54) is 99.9 Å². The van der Waals surface area contributed by atoms with Gasteiger partial charge >= 0.3 is 0 Å². The molecule has 9 rings (SSSR count). The number of halogens is 1. The molecule has 0 saturated carbocycles. The lowest BCUT2D eigenvalue weighted by molar-refractivity contribution is 0.304. The summed E-state index contributed by atoms with van der Waals surface area (Å²) in [6.45, 7) is 8.94. The number of unbranched alkanes of at least 4 members (excludes halogenated alkanes) is 15. The molecule has 0 fully saturated rings. The van der Waals surface area contributed by atoms with E-state index in [1.807, 2.05) is 0 Å². The third kappa shape index (κ3) is 14.3. The molecule has 8 bridgehead atoms. The van der Waals surface area contributed by atoms with Crippen LogP contribution in [-0.4, -0.2) is 39.8 Å². The van der Waals surface area contributed by atoms with E-state index >= 15 is 0 Å². The van der Waals surface area contributed by atoms with Gasteiger partial charge in [-0.25, -0.2) is 9.97 Å². The first-order valence-electron chi connectivity index (χ1n) is 28.6. The number of aromatic amines is 2. The molecule has 394 valence electrons. The number of benzene rings is 4. The molecular weight excluding hydrogens is 1050 g/mol. The summed E-state index contributed by atoms with van der Waals surface area (Å²) >= 11 is 2.38. The molecule has 0 atom stereocenters. The van der Waals surface area contributed by atoms with Crippen molar-refractivity contribution in [2.24, 2.45) is 0 Å². The fourth-order valence-electron chi connectivity index (χ4n) is 10.4. The van der Waals surface area contributed by atoms with Gasteiger partial charge < -0.3 is 24.2 Å². The van der Waals surface area contributed by atoms with E-state index in [2.05, 4.69) is 199 Å². The number of nitrogens with one attached hydrogen (secondary N) is 2. The number of rotatable bonds is 28. The number of hydrogen-bond acceptors (Lipinski definition) is 5. The number of ether oxygens (including phenoxy) is 3. The molecule has 0 spiro atoms. The molecule has 2 aliphatic rings. The lowest BCUT2D eigenvalue weighted by Crippen LogP contribution is -1.97. The highest BCUT2D eigenvalue weighted by Gasteiger charge is 2.20. The Hall–Kier alpha value is -6.39. The number of nitrogens with zero attached hydrogens (tertiary/aromatic N) is 2. The summed E-state index contributed by atoms with van der Waals surface area (Å²) in [6, 6.07) is 43.1. The zero-order valence-electron chi connectivity index (χ0n) is 45.2. The molecule has 2 N–H and O–H groups in total. The maximum Gasteiger partial charge on any atom is 0.119 e. The Morgan fingerprint density at radius 2 is 0.566 bits per heavy atom. The molecule has 2 aliphatic heterocycles. The minimum absolute atomic E-state index is 0.716. The van der Waals surface area contributed by atoms with Gasteiger partial charge in [-0.05, 0) is 161 Å². The molecule has 0 amide bonds. The zero-order valence-corrected chi connectivity index (χ0v) is 47.4. The third-order valence-corrected chi connectivity index (χ3v) is 15.3. The van der Waals surface area contributed by atoms with Crippen LogP contribution in [0.2, 0.25) is 0 Å². The molecule has 0 saturated heterocycles. The fraction of sp³-hybridized carbons (Fsp3) is 0.353. The first kappa shape index (κ1) is 54.4. The highest BCUT2D eigenvalue weighted by Crippen LogP contribution is 2.39. The fourth-order valence-corrected chi connectivity index (χ4v) is 10.8. The molecule has 3 aromatic heterocycles. The van der Waals surface area contributed by atoms with Crippen molar-refractivity contribution in [3.8, 4) is 61.8 Å². The van der Waals surface area contributed by atoms with Gasteiger partial charge in [-0.1, -0.05) is 166 Å². The molecular formula is C68H77IN4O3. The van der Waals surface area contributed by atoms with Crippen molar-refractivity contribution in [3.63, 3.8) is 0 Å². The minimum Gasteiger partial charge on any atom is -0.494 e. The Bertz CT molecular complexity index is 3130. The van der Waals surface area contributed by atoms with Gasteiger partial charge in [0.15, 0.2) is 0 Å². The maximum atomic E-state index is 6.30. The summed E-state index contributed by atoms with van der Waals surface area (Å²) in [5.41, 5.74) is 15.6. The van der Waals surface area contributed by atoms with Crippen LogP contribution in [0, 0.1) is 3.57 Å². The van der Waals surface area contributed by atoms with Crippen LogP contribution in [0.15, 0.2) is 121 Å². The van der Waals surface area contributed by atoms with Crippen molar-refractivity contribution < 1.29 is 14.2 Å². The first-order chi connectivity index (χ1) is 37.5. The minimum atomic E-state index is 0.716. The molecule has 0 radical (unpaired) electrons. The summed E-state index contributed by atoms with van der Waals surface area (Å²) in [5.74, 6) is 2.63. The Morgan fingerprint density at radius 3 is 0.842 bits per heavy atom. The summed E-state index contributed by atoms with van der Waals surface area (Å²) in [5, 5.41) is 0. The van der Waals surface area contributed by atoms with Crippen molar-refractivity contribution >= 4 is 69.0 Å². The lowest BCUT2D eigenvalue weighted by Gasteiger charge is -2.10. The summed E-state index contributed by atoms with van der Waals surface area (Å²) < 4.78 is 20.1. The van der Waals surface area contributed by atoms with Gasteiger partial charge in [0, 0.05) is 47.9 Å². The SMILES string of the molecule is CCCCCCCCOc1ccc(-c2c3nc(c(-c4ccc(OCCCCCCCC)cc4)c4ccc([nH]4)c(-c4ccc(OCCCCCCCC)cc4)c4nc(c(-c5ccc(I)cc5)c5ccc2[nH]5)C=C4)C=C3)cc1. The number of hydrogen-bond donors (Lipinski definition) is 2. The standard InChI is InChI=1S/C68H77IN4O3/c1-4-7-10-13-16-19-46-74-54-32-24-50(25-33-54)66-59-40-38-57(70-59)65(49-22-30-53(69)31-23-49)58-39-41-60(71-58)67(51-26-34-55(35-27-51)75-47-20-17-14-11-8-5-2)62-43-45-64(73-62)68(63-44-42-61(66)72-63)52-28-36-56(37-29-52)76-48-21-18-15-12-9-6-3/h22-45,70,73H,4-21,46-48H2,1-3H3. The average Bonchev–Trinajstić information content (AvgIpc) is 4.32. The summed E-state index contributed by atoms with van der Waals surface area (Å²) in [7, 11) is 0. The largest absolute Gasteiger partial charge is 0.494 e. The molecule has 7 aromatic rings. The van der Waals surface area contributed by atoms with Crippen LogP contribution in [0.5, 0.6) is 17.2 Å². The zero-order chi connectivity index (χ0) is 52.3. The maximum absolute atomic E-state index is 6.30. The van der Waals surface area contributed by atoms with E-state index in [9.17, 15) is 0 Å². The third-order valence-electron chi connectivity index (χ3n) is 14.6. The van der Waals surface area contributed by atoms with Crippen LogP contribution >= 0.6 is 22.6 Å². The molecule has 7 nitrogen and oxygen atoms in total. The highest BCUT2D eigenvalue weighted by molar-refractivity contribution is 14.1. The second kappa shape index (κ2) is 28.1. The van der Waals surface area contributed by atoms with Crippen molar-refractivity contribution in [1.29, 1.82) is 0 Å². The normalized spacial score (nSPS) is 11.9. The monoisotopic (exact) mass is 1120 g/mol. The van der Waals surface area contributed by atoms with Crippen LogP contribution in [0.4, 0.5) is 0 Å². The number of aromatic nitrogens is 4. The van der Waals surface area contributed by atoms with Gasteiger partial charge in [0.25, 0.3) is 0 Å². The summed E-state index contributed by atoms with van der Waals surface area (Å²) in [4.78, 5) is 18.9. The second-order valence-corrected chi connectivity index (χ2v) is 21.7. The number of H-pyrrole nitrogens is 2. The first-order valence-corrected chi connectivity index (χ1v) is 29.7. The van der Waals surface area contributed by atoms with Gasteiger partial charge in [0.2, 0.25) is 0 Å². The Balaban J connectivity index is 1.18. The van der Waals surface area contributed by atoms with Crippen LogP contribution in [-0.2, 0) is 0 Å². The van der Waals surface area contributed by atoms with Gasteiger partial charge in [0.05, 0.1) is 42.6 Å². The van der Waals surface area contributed by atoms with Crippen LogP contribution in [0.25, 0.3) is 90.9 Å².